The van der Waals surface area contributed by atoms with Gasteiger partial charge in [-0.25, -0.2) is 0 Å². The first-order valence-corrected chi connectivity index (χ1v) is 7.40. The number of rotatable bonds is 7. The summed E-state index contributed by atoms with van der Waals surface area (Å²) in [5.74, 6) is -0.164. The van der Waals surface area contributed by atoms with Crippen molar-refractivity contribution in [2.75, 3.05) is 45.3 Å². The average Bonchev–Trinajstić information content (AvgIpc) is 3.03. The molecule has 6 nitrogen and oxygen atoms in total. The molecule has 1 atom stereocenters. The van der Waals surface area contributed by atoms with E-state index in [1.54, 1.807) is 20.4 Å². The highest BCUT2D eigenvalue weighted by molar-refractivity contribution is 5.92. The van der Waals surface area contributed by atoms with E-state index < -0.39 is 0 Å². The van der Waals surface area contributed by atoms with Crippen LogP contribution in [0.3, 0.4) is 0 Å². The van der Waals surface area contributed by atoms with E-state index in [0.29, 0.717) is 18.3 Å². The Morgan fingerprint density at radius 2 is 2.48 bits per heavy atom. The highest BCUT2D eigenvalue weighted by Gasteiger charge is 2.19. The predicted molar refractivity (Wildman–Crippen MR) is 82.7 cm³/mol. The van der Waals surface area contributed by atoms with Crippen LogP contribution < -0.4 is 15.5 Å². The fraction of sp³-hybridized carbons (Fsp3) is 0.600. The molecule has 1 aromatic heterocycles. The van der Waals surface area contributed by atoms with E-state index in [1.165, 1.54) is 12.8 Å². The van der Waals surface area contributed by atoms with E-state index >= 15 is 0 Å². The highest BCUT2D eigenvalue weighted by Crippen LogP contribution is 2.17. The molecule has 0 aromatic carbocycles. The molecule has 2 N–H and O–H groups in total. The molecule has 0 bridgehead atoms. The number of ether oxygens (including phenoxy) is 1. The maximum Gasteiger partial charge on any atom is 0.269 e. The minimum absolute atomic E-state index is 0.164. The molecule has 1 aliphatic heterocycles. The standard InChI is InChI=1S/C15H24N4O2/c1-16-15(20)14-10-13(5-7-18-14)19(8-9-21-2)11-12-4-3-6-17-12/h5,7,10,12,17H,3-4,6,8-9,11H2,1-2H3,(H,16,20). The van der Waals surface area contributed by atoms with Gasteiger partial charge >= 0.3 is 0 Å². The number of carbonyl (C=O) groups excluding carboxylic acids is 1. The Hall–Kier alpha value is -1.66. The van der Waals surface area contributed by atoms with Crippen molar-refractivity contribution in [2.45, 2.75) is 18.9 Å². The summed E-state index contributed by atoms with van der Waals surface area (Å²) in [4.78, 5) is 18.1. The summed E-state index contributed by atoms with van der Waals surface area (Å²) in [7, 11) is 3.32. The van der Waals surface area contributed by atoms with Crippen molar-refractivity contribution in [1.82, 2.24) is 15.6 Å². The van der Waals surface area contributed by atoms with Gasteiger partial charge in [0.15, 0.2) is 0 Å². The van der Waals surface area contributed by atoms with Gasteiger partial charge in [-0.2, -0.15) is 0 Å². The number of nitrogens with one attached hydrogen (secondary N) is 2. The summed E-state index contributed by atoms with van der Waals surface area (Å²) in [5, 5.41) is 6.11. The van der Waals surface area contributed by atoms with Crippen LogP contribution in [-0.4, -0.2) is 57.3 Å². The second-order valence-electron chi connectivity index (χ2n) is 5.21. The van der Waals surface area contributed by atoms with Crippen molar-refractivity contribution in [1.29, 1.82) is 0 Å². The molecule has 0 radical (unpaired) electrons. The predicted octanol–water partition coefficient (Wildman–Crippen LogP) is 0.646. The molecule has 2 heterocycles. The van der Waals surface area contributed by atoms with Gasteiger partial charge in [0.05, 0.1) is 6.61 Å². The number of nitrogens with zero attached hydrogens (tertiary/aromatic N) is 2. The minimum atomic E-state index is -0.164. The summed E-state index contributed by atoms with van der Waals surface area (Å²) in [6, 6.07) is 4.28. The molecule has 1 amide bonds. The average molecular weight is 292 g/mol. The van der Waals surface area contributed by atoms with Crippen LogP contribution in [0.5, 0.6) is 0 Å². The van der Waals surface area contributed by atoms with Gasteiger partial charge < -0.3 is 20.3 Å². The zero-order valence-corrected chi connectivity index (χ0v) is 12.8. The summed E-state index contributed by atoms with van der Waals surface area (Å²) in [6.07, 6.45) is 4.10. The van der Waals surface area contributed by atoms with Gasteiger partial charge in [0, 0.05) is 45.2 Å². The topological polar surface area (TPSA) is 66.5 Å². The molecule has 0 spiro atoms. The first kappa shape index (κ1) is 15.7. The van der Waals surface area contributed by atoms with Crippen molar-refractivity contribution in [3.8, 4) is 0 Å². The molecular formula is C15H24N4O2. The van der Waals surface area contributed by atoms with Gasteiger partial charge in [-0.15, -0.1) is 0 Å². The van der Waals surface area contributed by atoms with Gasteiger partial charge in [-0.1, -0.05) is 0 Å². The molecule has 116 valence electrons. The highest BCUT2D eigenvalue weighted by atomic mass is 16.5. The summed E-state index contributed by atoms with van der Waals surface area (Å²) >= 11 is 0. The number of amides is 1. The summed E-state index contributed by atoms with van der Waals surface area (Å²) in [5.41, 5.74) is 1.45. The molecule has 1 aromatic rings. The van der Waals surface area contributed by atoms with Crippen LogP contribution in [0, 0.1) is 0 Å². The lowest BCUT2D eigenvalue weighted by Crippen LogP contribution is -2.39. The fourth-order valence-electron chi connectivity index (χ4n) is 2.57. The van der Waals surface area contributed by atoms with Crippen molar-refractivity contribution in [3.63, 3.8) is 0 Å². The van der Waals surface area contributed by atoms with Crippen LogP contribution in [0.25, 0.3) is 0 Å². The molecule has 1 unspecified atom stereocenters. The molecule has 1 aliphatic rings. The van der Waals surface area contributed by atoms with Gasteiger partial charge in [-0.05, 0) is 31.5 Å². The van der Waals surface area contributed by atoms with Crippen molar-refractivity contribution < 1.29 is 9.53 Å². The number of anilines is 1. The quantitative estimate of drug-likeness (QED) is 0.772. The Morgan fingerprint density at radius 3 is 3.14 bits per heavy atom. The molecule has 2 rings (SSSR count). The van der Waals surface area contributed by atoms with Crippen LogP contribution in [0.1, 0.15) is 23.3 Å². The second-order valence-corrected chi connectivity index (χ2v) is 5.21. The monoisotopic (exact) mass is 292 g/mol. The Labute approximate surface area is 125 Å². The van der Waals surface area contributed by atoms with Crippen LogP contribution in [0.4, 0.5) is 5.69 Å². The maximum absolute atomic E-state index is 11.7. The lowest BCUT2D eigenvalue weighted by molar-refractivity contribution is 0.0958. The first-order valence-electron chi connectivity index (χ1n) is 7.40. The van der Waals surface area contributed by atoms with Gasteiger partial charge in [0.25, 0.3) is 5.91 Å². The minimum Gasteiger partial charge on any atom is -0.383 e. The van der Waals surface area contributed by atoms with E-state index in [2.05, 4.69) is 20.5 Å². The van der Waals surface area contributed by atoms with E-state index in [0.717, 1.165) is 25.3 Å². The van der Waals surface area contributed by atoms with Crippen molar-refractivity contribution in [3.05, 3.63) is 24.0 Å². The van der Waals surface area contributed by atoms with Gasteiger partial charge in [0.2, 0.25) is 0 Å². The molecule has 0 aliphatic carbocycles. The van der Waals surface area contributed by atoms with Gasteiger partial charge in [-0.3, -0.25) is 9.78 Å². The smallest absolute Gasteiger partial charge is 0.269 e. The third kappa shape index (κ3) is 4.41. The summed E-state index contributed by atoms with van der Waals surface area (Å²) < 4.78 is 5.20. The zero-order chi connectivity index (χ0) is 15.1. The molecular weight excluding hydrogens is 268 g/mol. The van der Waals surface area contributed by atoms with Crippen molar-refractivity contribution in [2.24, 2.45) is 0 Å². The second kappa shape index (κ2) is 7.95. The van der Waals surface area contributed by atoms with E-state index in [9.17, 15) is 4.79 Å². The van der Waals surface area contributed by atoms with Gasteiger partial charge in [0.1, 0.15) is 5.69 Å². The van der Waals surface area contributed by atoms with Crippen LogP contribution in [-0.2, 0) is 4.74 Å². The molecule has 1 saturated heterocycles. The Bertz CT molecular complexity index is 461. The Morgan fingerprint density at radius 1 is 1.62 bits per heavy atom. The first-order chi connectivity index (χ1) is 10.2. The zero-order valence-electron chi connectivity index (χ0n) is 12.8. The number of methoxy groups -OCH3 is 1. The van der Waals surface area contributed by atoms with Crippen LogP contribution >= 0.6 is 0 Å². The number of hydrogen-bond acceptors (Lipinski definition) is 5. The fourth-order valence-corrected chi connectivity index (χ4v) is 2.57. The number of pyridine rings is 1. The third-order valence-corrected chi connectivity index (χ3v) is 3.74. The number of carbonyl (C=O) groups is 1. The molecule has 6 heteroatoms. The SMILES string of the molecule is CNC(=O)c1cc(N(CCOC)CC2CCCN2)ccn1. The normalized spacial score (nSPS) is 17.7. The van der Waals surface area contributed by atoms with E-state index in [-0.39, 0.29) is 5.91 Å². The Balaban J connectivity index is 2.12. The lowest BCUT2D eigenvalue weighted by Gasteiger charge is -2.27. The van der Waals surface area contributed by atoms with Crippen LogP contribution in [0.15, 0.2) is 18.3 Å². The molecule has 0 saturated carbocycles. The number of hydrogen-bond donors (Lipinski definition) is 2. The maximum atomic E-state index is 11.7. The third-order valence-electron chi connectivity index (χ3n) is 3.74. The summed E-state index contributed by atoms with van der Waals surface area (Å²) in [6.45, 7) is 3.46. The largest absolute Gasteiger partial charge is 0.383 e. The number of aromatic nitrogens is 1. The van der Waals surface area contributed by atoms with Crippen LogP contribution in [0.2, 0.25) is 0 Å². The van der Waals surface area contributed by atoms with E-state index in [1.807, 2.05) is 12.1 Å². The molecule has 21 heavy (non-hydrogen) atoms. The Kier molecular flexibility index (Phi) is 5.95. The lowest BCUT2D eigenvalue weighted by atomic mass is 10.2. The van der Waals surface area contributed by atoms with Crippen molar-refractivity contribution >= 4 is 11.6 Å². The molecule has 1 fully saturated rings. The van der Waals surface area contributed by atoms with E-state index in [4.69, 9.17) is 4.74 Å².